The molecule has 0 saturated heterocycles. The molecule has 0 aliphatic rings. The molecule has 7 heteroatoms. The Morgan fingerprint density at radius 1 is 1.25 bits per heavy atom. The molecule has 1 amide bonds. The smallest absolute Gasteiger partial charge is 0.273 e. The van der Waals surface area contributed by atoms with Gasteiger partial charge in [-0.25, -0.2) is 0 Å². The third-order valence-corrected chi connectivity index (χ3v) is 2.68. The number of non-ortho nitro benzene ring substituents is 1. The van der Waals surface area contributed by atoms with E-state index in [1.807, 2.05) is 6.92 Å². The fourth-order valence-corrected chi connectivity index (χ4v) is 1.66. The quantitative estimate of drug-likeness (QED) is 0.588. The predicted octanol–water partition coefficient (Wildman–Crippen LogP) is 1.92. The number of anilines is 2. The summed E-state index contributed by atoms with van der Waals surface area (Å²) in [5, 5.41) is 16.9. The maximum Gasteiger partial charge on any atom is 0.273 e. The van der Waals surface area contributed by atoms with Gasteiger partial charge in [0.05, 0.1) is 4.92 Å². The molecule has 110 valence electrons. The van der Waals surface area contributed by atoms with Gasteiger partial charge in [0.2, 0.25) is 5.91 Å². The van der Waals surface area contributed by atoms with E-state index in [4.69, 9.17) is 0 Å². The average molecular weight is 280 g/mol. The van der Waals surface area contributed by atoms with E-state index >= 15 is 0 Å². The first-order valence-corrected chi connectivity index (χ1v) is 6.41. The van der Waals surface area contributed by atoms with Gasteiger partial charge in [-0.1, -0.05) is 0 Å². The Hall–Kier alpha value is -2.31. The number of nitro groups is 1. The van der Waals surface area contributed by atoms with Crippen molar-refractivity contribution in [3.63, 3.8) is 0 Å². The minimum Gasteiger partial charge on any atom is -0.385 e. The highest BCUT2D eigenvalue weighted by Gasteiger charge is 2.10. The number of carbonyl (C=O) groups is 1. The van der Waals surface area contributed by atoms with E-state index in [1.54, 1.807) is 20.2 Å². The molecule has 1 aromatic rings. The van der Waals surface area contributed by atoms with E-state index in [2.05, 4.69) is 10.6 Å². The molecule has 0 aliphatic heterocycles. The Bertz CT molecular complexity index is 489. The minimum atomic E-state index is -0.434. The molecule has 0 heterocycles. The van der Waals surface area contributed by atoms with Crippen molar-refractivity contribution in [1.29, 1.82) is 0 Å². The Labute approximate surface area is 118 Å². The van der Waals surface area contributed by atoms with Crippen LogP contribution in [-0.4, -0.2) is 42.9 Å². The van der Waals surface area contributed by atoms with Gasteiger partial charge in [-0.3, -0.25) is 14.9 Å². The van der Waals surface area contributed by atoms with Crippen LogP contribution in [-0.2, 0) is 4.79 Å². The van der Waals surface area contributed by atoms with Crippen LogP contribution < -0.4 is 10.6 Å². The van der Waals surface area contributed by atoms with Crippen LogP contribution in [0.25, 0.3) is 0 Å². The van der Waals surface area contributed by atoms with Crippen LogP contribution in [0.1, 0.15) is 13.3 Å². The lowest BCUT2D eigenvalue weighted by atomic mass is 10.2. The maximum atomic E-state index is 11.4. The van der Waals surface area contributed by atoms with E-state index in [0.29, 0.717) is 30.9 Å². The molecule has 1 aromatic carbocycles. The minimum absolute atomic E-state index is 0.00911. The zero-order valence-corrected chi connectivity index (χ0v) is 12.0. The van der Waals surface area contributed by atoms with Gasteiger partial charge in [-0.2, -0.15) is 0 Å². The molecule has 0 saturated carbocycles. The standard InChI is InChI=1S/C13H20N4O3/c1-4-14-10-7-11(9-12(8-10)17(19)20)15-6-5-13(18)16(2)3/h7-9,14-15H,4-6H2,1-3H3. The third-order valence-electron chi connectivity index (χ3n) is 2.68. The number of benzene rings is 1. The fraction of sp³-hybridized carbons (Fsp3) is 0.462. The number of nitro benzene ring substituents is 1. The SMILES string of the molecule is CCNc1cc(NCCC(=O)N(C)C)cc([N+](=O)[O-])c1. The molecule has 0 fully saturated rings. The number of rotatable bonds is 7. The maximum absolute atomic E-state index is 11.4. The third kappa shape index (κ3) is 4.75. The van der Waals surface area contributed by atoms with Gasteiger partial charge in [0.15, 0.2) is 0 Å². The number of nitrogens with one attached hydrogen (secondary N) is 2. The van der Waals surface area contributed by atoms with Crippen molar-refractivity contribution in [2.24, 2.45) is 0 Å². The molecule has 2 N–H and O–H groups in total. The summed E-state index contributed by atoms with van der Waals surface area (Å²) in [4.78, 5) is 23.4. The van der Waals surface area contributed by atoms with Crippen molar-refractivity contribution < 1.29 is 9.72 Å². The largest absolute Gasteiger partial charge is 0.385 e. The van der Waals surface area contributed by atoms with Crippen LogP contribution in [0, 0.1) is 10.1 Å². The highest BCUT2D eigenvalue weighted by atomic mass is 16.6. The summed E-state index contributed by atoms with van der Waals surface area (Å²) in [7, 11) is 3.39. The van der Waals surface area contributed by atoms with E-state index < -0.39 is 4.92 Å². The Morgan fingerprint density at radius 2 is 1.85 bits per heavy atom. The van der Waals surface area contributed by atoms with Gasteiger partial charge in [0.1, 0.15) is 0 Å². The fourth-order valence-electron chi connectivity index (χ4n) is 1.66. The normalized spacial score (nSPS) is 9.95. The van der Waals surface area contributed by atoms with Crippen molar-refractivity contribution >= 4 is 23.0 Å². The van der Waals surface area contributed by atoms with Crippen LogP contribution in [0.5, 0.6) is 0 Å². The Kier molecular flexibility index (Phi) is 5.76. The van der Waals surface area contributed by atoms with Gasteiger partial charge in [-0.15, -0.1) is 0 Å². The Morgan fingerprint density at radius 3 is 2.35 bits per heavy atom. The second kappa shape index (κ2) is 7.32. The zero-order chi connectivity index (χ0) is 15.1. The molecule has 0 atom stereocenters. The predicted molar refractivity (Wildman–Crippen MR) is 79.1 cm³/mol. The first kappa shape index (κ1) is 15.7. The molecule has 0 unspecified atom stereocenters. The number of hydrogen-bond donors (Lipinski definition) is 2. The molecule has 0 radical (unpaired) electrons. The van der Waals surface area contributed by atoms with Gasteiger partial charge >= 0.3 is 0 Å². The Balaban J connectivity index is 2.73. The van der Waals surface area contributed by atoms with Gasteiger partial charge in [-0.05, 0) is 13.0 Å². The number of nitrogens with zero attached hydrogens (tertiary/aromatic N) is 2. The summed E-state index contributed by atoms with van der Waals surface area (Å²) in [6.07, 6.45) is 0.340. The molecule has 20 heavy (non-hydrogen) atoms. The monoisotopic (exact) mass is 280 g/mol. The summed E-state index contributed by atoms with van der Waals surface area (Å²) in [6.45, 7) is 3.03. The summed E-state index contributed by atoms with van der Waals surface area (Å²) in [5.41, 5.74) is 1.33. The lowest BCUT2D eigenvalue weighted by molar-refractivity contribution is -0.384. The second-order valence-electron chi connectivity index (χ2n) is 4.52. The topological polar surface area (TPSA) is 87.5 Å². The number of amides is 1. The zero-order valence-electron chi connectivity index (χ0n) is 12.0. The van der Waals surface area contributed by atoms with Crippen LogP contribution in [0.2, 0.25) is 0 Å². The van der Waals surface area contributed by atoms with Crippen molar-refractivity contribution in [1.82, 2.24) is 4.90 Å². The highest BCUT2D eigenvalue weighted by molar-refractivity contribution is 5.76. The number of hydrogen-bond acceptors (Lipinski definition) is 5. The van der Waals surface area contributed by atoms with Crippen LogP contribution >= 0.6 is 0 Å². The summed E-state index contributed by atoms with van der Waals surface area (Å²) in [6, 6.07) is 4.73. The summed E-state index contributed by atoms with van der Waals surface area (Å²) >= 11 is 0. The molecule has 0 aromatic heterocycles. The second-order valence-corrected chi connectivity index (χ2v) is 4.52. The van der Waals surface area contributed by atoms with E-state index in [1.165, 1.54) is 17.0 Å². The first-order chi connectivity index (χ1) is 9.43. The lowest BCUT2D eigenvalue weighted by Crippen LogP contribution is -2.23. The molecular weight excluding hydrogens is 260 g/mol. The van der Waals surface area contributed by atoms with Gasteiger partial charge < -0.3 is 15.5 Å². The first-order valence-electron chi connectivity index (χ1n) is 6.41. The number of carbonyl (C=O) groups excluding carboxylic acids is 1. The van der Waals surface area contributed by atoms with Crippen molar-refractivity contribution in [2.75, 3.05) is 37.8 Å². The van der Waals surface area contributed by atoms with Crippen LogP contribution in [0.4, 0.5) is 17.1 Å². The molecule has 1 rings (SSSR count). The molecular formula is C13H20N4O3. The molecule has 0 bridgehead atoms. The summed E-state index contributed by atoms with van der Waals surface area (Å²) in [5.74, 6) is 0.00911. The van der Waals surface area contributed by atoms with Crippen LogP contribution in [0.15, 0.2) is 18.2 Å². The van der Waals surface area contributed by atoms with Crippen molar-refractivity contribution in [2.45, 2.75) is 13.3 Å². The molecule has 0 spiro atoms. The molecule has 0 aliphatic carbocycles. The van der Waals surface area contributed by atoms with Crippen LogP contribution in [0.3, 0.4) is 0 Å². The molecule has 7 nitrogen and oxygen atoms in total. The van der Waals surface area contributed by atoms with Crippen molar-refractivity contribution in [3.05, 3.63) is 28.3 Å². The average Bonchev–Trinajstić information content (AvgIpc) is 2.38. The van der Waals surface area contributed by atoms with Gasteiger partial charge in [0.25, 0.3) is 5.69 Å². The van der Waals surface area contributed by atoms with Crippen molar-refractivity contribution in [3.8, 4) is 0 Å². The van der Waals surface area contributed by atoms with E-state index in [-0.39, 0.29) is 11.6 Å². The summed E-state index contributed by atoms with van der Waals surface area (Å²) < 4.78 is 0. The highest BCUT2D eigenvalue weighted by Crippen LogP contribution is 2.24. The van der Waals surface area contributed by atoms with E-state index in [9.17, 15) is 14.9 Å². The van der Waals surface area contributed by atoms with Gasteiger partial charge in [0, 0.05) is 57.1 Å². The van der Waals surface area contributed by atoms with E-state index in [0.717, 1.165) is 0 Å². The lowest BCUT2D eigenvalue weighted by Gasteiger charge is -2.12.